The molecule has 1 atom stereocenters. The van der Waals surface area contributed by atoms with Crippen LogP contribution in [0.5, 0.6) is 0 Å². The van der Waals surface area contributed by atoms with E-state index in [-0.39, 0.29) is 12.6 Å². The van der Waals surface area contributed by atoms with Crippen LogP contribution in [0.25, 0.3) is 0 Å². The van der Waals surface area contributed by atoms with E-state index >= 15 is 0 Å². The summed E-state index contributed by atoms with van der Waals surface area (Å²) in [6.07, 6.45) is -4.13. The fourth-order valence-corrected chi connectivity index (χ4v) is 1.83. The molecule has 1 aliphatic rings. The Hall–Kier alpha value is -0.620. The monoisotopic (exact) mass is 239 g/mol. The van der Waals surface area contributed by atoms with Crippen molar-refractivity contribution < 1.29 is 22.7 Å². The first kappa shape index (κ1) is 13.4. The molecule has 0 aliphatic carbocycles. The van der Waals surface area contributed by atoms with E-state index in [0.717, 1.165) is 0 Å². The van der Waals surface area contributed by atoms with Gasteiger partial charge >= 0.3 is 6.18 Å². The minimum absolute atomic E-state index is 0.0991. The number of halogens is 3. The van der Waals surface area contributed by atoms with E-state index in [1.165, 1.54) is 0 Å². The van der Waals surface area contributed by atoms with Crippen molar-refractivity contribution >= 4 is 5.78 Å². The van der Waals surface area contributed by atoms with Gasteiger partial charge in [-0.3, -0.25) is 9.69 Å². The van der Waals surface area contributed by atoms with Crippen LogP contribution in [0, 0.1) is 0 Å². The highest BCUT2D eigenvalue weighted by Gasteiger charge is 2.46. The number of nitrogens with zero attached hydrogens (tertiary/aromatic N) is 1. The number of ether oxygens (including phenoxy) is 1. The minimum atomic E-state index is -4.79. The zero-order valence-corrected chi connectivity index (χ0v) is 9.38. The van der Waals surface area contributed by atoms with Gasteiger partial charge in [-0.05, 0) is 20.3 Å². The van der Waals surface area contributed by atoms with Crippen molar-refractivity contribution in [1.82, 2.24) is 4.90 Å². The molecule has 16 heavy (non-hydrogen) atoms. The molecule has 6 heteroatoms. The van der Waals surface area contributed by atoms with Crippen LogP contribution in [0.2, 0.25) is 0 Å². The standard InChI is InChI=1S/C10H16F3NO2/c1-7(2)14-4-3-5-16-6-8(14)9(15)10(11,12)13/h7-8H,3-6H2,1-2H3/t8-/m0/s1. The van der Waals surface area contributed by atoms with Gasteiger partial charge in [0.05, 0.1) is 6.61 Å². The Bertz CT molecular complexity index is 253. The maximum Gasteiger partial charge on any atom is 0.451 e. The largest absolute Gasteiger partial charge is 0.451 e. The number of alkyl halides is 3. The van der Waals surface area contributed by atoms with Crippen molar-refractivity contribution in [2.75, 3.05) is 19.8 Å². The molecule has 0 aromatic rings. The third-order valence-corrected chi connectivity index (χ3v) is 2.63. The lowest BCUT2D eigenvalue weighted by Crippen LogP contribution is -2.51. The van der Waals surface area contributed by atoms with Crippen molar-refractivity contribution in [2.24, 2.45) is 0 Å². The Morgan fingerprint density at radius 3 is 2.56 bits per heavy atom. The molecule has 0 spiro atoms. The van der Waals surface area contributed by atoms with Gasteiger partial charge in [0.25, 0.3) is 5.78 Å². The van der Waals surface area contributed by atoms with E-state index < -0.39 is 18.0 Å². The number of rotatable bonds is 2. The van der Waals surface area contributed by atoms with Gasteiger partial charge in [-0.15, -0.1) is 0 Å². The number of ketones is 1. The lowest BCUT2D eigenvalue weighted by Gasteiger charge is -2.31. The van der Waals surface area contributed by atoms with Crippen LogP contribution in [0.4, 0.5) is 13.2 Å². The lowest BCUT2D eigenvalue weighted by molar-refractivity contribution is -0.178. The van der Waals surface area contributed by atoms with Crippen LogP contribution in [-0.4, -0.2) is 48.7 Å². The molecule has 1 heterocycles. The number of hydrogen-bond donors (Lipinski definition) is 0. The first-order valence-corrected chi connectivity index (χ1v) is 5.28. The summed E-state index contributed by atoms with van der Waals surface area (Å²) in [5.41, 5.74) is 0. The maximum atomic E-state index is 12.4. The van der Waals surface area contributed by atoms with Gasteiger partial charge in [-0.1, -0.05) is 0 Å². The van der Waals surface area contributed by atoms with Gasteiger partial charge in [0.15, 0.2) is 0 Å². The molecule has 0 bridgehead atoms. The fourth-order valence-electron chi connectivity index (χ4n) is 1.83. The van der Waals surface area contributed by atoms with E-state index in [2.05, 4.69) is 0 Å². The smallest absolute Gasteiger partial charge is 0.379 e. The van der Waals surface area contributed by atoms with Gasteiger partial charge < -0.3 is 4.74 Å². The second-order valence-electron chi connectivity index (χ2n) is 4.14. The average molecular weight is 239 g/mol. The zero-order valence-electron chi connectivity index (χ0n) is 9.38. The van der Waals surface area contributed by atoms with Crippen LogP contribution in [0.3, 0.4) is 0 Å². The van der Waals surface area contributed by atoms with Crippen LogP contribution in [-0.2, 0) is 9.53 Å². The second-order valence-corrected chi connectivity index (χ2v) is 4.14. The zero-order chi connectivity index (χ0) is 12.3. The summed E-state index contributed by atoms with van der Waals surface area (Å²) in [5.74, 6) is -1.71. The molecule has 0 amide bonds. The molecule has 94 valence electrons. The Labute approximate surface area is 92.5 Å². The Balaban J connectivity index is 2.83. The topological polar surface area (TPSA) is 29.5 Å². The van der Waals surface area contributed by atoms with Crippen molar-refractivity contribution in [2.45, 2.75) is 38.5 Å². The summed E-state index contributed by atoms with van der Waals surface area (Å²) in [6.45, 7) is 4.26. The Kier molecular flexibility index (Phi) is 4.32. The minimum Gasteiger partial charge on any atom is -0.379 e. The predicted molar refractivity (Wildman–Crippen MR) is 52.1 cm³/mol. The van der Waals surface area contributed by atoms with Gasteiger partial charge in [0, 0.05) is 19.2 Å². The molecule has 1 saturated heterocycles. The van der Waals surface area contributed by atoms with Crippen molar-refractivity contribution in [3.05, 3.63) is 0 Å². The first-order valence-electron chi connectivity index (χ1n) is 5.28. The summed E-state index contributed by atoms with van der Waals surface area (Å²) < 4.78 is 42.2. The quantitative estimate of drug-likeness (QED) is 0.733. The molecule has 0 N–H and O–H groups in total. The van der Waals surface area contributed by atoms with E-state index in [1.54, 1.807) is 18.7 Å². The summed E-state index contributed by atoms with van der Waals surface area (Å²) in [4.78, 5) is 12.8. The molecule has 0 aromatic carbocycles. The molecule has 0 radical (unpaired) electrons. The predicted octanol–water partition coefficient (Wildman–Crippen LogP) is 1.62. The Morgan fingerprint density at radius 2 is 2.06 bits per heavy atom. The highest BCUT2D eigenvalue weighted by Crippen LogP contribution is 2.23. The Morgan fingerprint density at radius 1 is 1.44 bits per heavy atom. The molecule has 0 aromatic heterocycles. The molecular formula is C10H16F3NO2. The molecule has 3 nitrogen and oxygen atoms in total. The normalized spacial score (nSPS) is 24.5. The van der Waals surface area contributed by atoms with E-state index in [1.807, 2.05) is 0 Å². The molecule has 1 rings (SSSR count). The van der Waals surface area contributed by atoms with Gasteiger partial charge in [-0.25, -0.2) is 0 Å². The molecule has 0 saturated carbocycles. The van der Waals surface area contributed by atoms with E-state index in [4.69, 9.17) is 4.74 Å². The molecule has 0 unspecified atom stereocenters. The first-order chi connectivity index (χ1) is 7.34. The summed E-state index contributed by atoms with van der Waals surface area (Å²) >= 11 is 0. The summed E-state index contributed by atoms with van der Waals surface area (Å²) in [5, 5.41) is 0. The van der Waals surface area contributed by atoms with Gasteiger partial charge in [0.1, 0.15) is 6.04 Å². The van der Waals surface area contributed by atoms with Crippen LogP contribution < -0.4 is 0 Å². The third kappa shape index (κ3) is 3.18. The number of Topliss-reactive ketones (excluding diaryl/α,β-unsaturated/α-hetero) is 1. The SMILES string of the molecule is CC(C)N1CCCOC[C@H]1C(=O)C(F)(F)F. The van der Waals surface area contributed by atoms with Gasteiger partial charge in [0.2, 0.25) is 0 Å². The highest BCUT2D eigenvalue weighted by molar-refractivity contribution is 5.89. The van der Waals surface area contributed by atoms with Crippen LogP contribution in [0.1, 0.15) is 20.3 Å². The third-order valence-electron chi connectivity index (χ3n) is 2.63. The second kappa shape index (κ2) is 5.14. The molecule has 1 aliphatic heterocycles. The molecule has 1 fully saturated rings. The number of carbonyl (C=O) groups is 1. The highest BCUT2D eigenvalue weighted by atomic mass is 19.4. The van der Waals surface area contributed by atoms with E-state index in [0.29, 0.717) is 19.6 Å². The fraction of sp³-hybridized carbons (Fsp3) is 0.900. The number of hydrogen-bond acceptors (Lipinski definition) is 3. The summed E-state index contributed by atoms with van der Waals surface area (Å²) in [6, 6.07) is -1.29. The summed E-state index contributed by atoms with van der Waals surface area (Å²) in [7, 11) is 0. The van der Waals surface area contributed by atoms with Crippen molar-refractivity contribution in [3.63, 3.8) is 0 Å². The van der Waals surface area contributed by atoms with Crippen molar-refractivity contribution in [1.29, 1.82) is 0 Å². The van der Waals surface area contributed by atoms with Crippen LogP contribution in [0.15, 0.2) is 0 Å². The average Bonchev–Trinajstić information content (AvgIpc) is 2.39. The van der Waals surface area contributed by atoms with Crippen LogP contribution >= 0.6 is 0 Å². The lowest BCUT2D eigenvalue weighted by atomic mass is 10.1. The van der Waals surface area contributed by atoms with Gasteiger partial charge in [-0.2, -0.15) is 13.2 Å². The van der Waals surface area contributed by atoms with Crippen molar-refractivity contribution in [3.8, 4) is 0 Å². The number of carbonyl (C=O) groups excluding carboxylic acids is 1. The van der Waals surface area contributed by atoms with E-state index in [9.17, 15) is 18.0 Å². The molecular weight excluding hydrogens is 223 g/mol. The maximum absolute atomic E-state index is 12.4.